The number of aliphatic imine (C=N–C) groups is 1. The van der Waals surface area contributed by atoms with Gasteiger partial charge in [-0.2, -0.15) is 0 Å². The minimum atomic E-state index is -0.198. The van der Waals surface area contributed by atoms with Crippen LogP contribution in [0.3, 0.4) is 0 Å². The fourth-order valence-electron chi connectivity index (χ4n) is 2.66. The average molecular weight is 348 g/mol. The van der Waals surface area contributed by atoms with Gasteiger partial charge in [-0.05, 0) is 41.8 Å². The third kappa shape index (κ3) is 3.29. The first-order valence-corrected chi connectivity index (χ1v) is 8.80. The van der Waals surface area contributed by atoms with Gasteiger partial charge >= 0.3 is 0 Å². The van der Waals surface area contributed by atoms with E-state index in [1.165, 1.54) is 11.1 Å². The van der Waals surface area contributed by atoms with Gasteiger partial charge in [-0.3, -0.25) is 10.1 Å². The van der Waals surface area contributed by atoms with Gasteiger partial charge in [-0.1, -0.05) is 30.3 Å². The zero-order valence-electron chi connectivity index (χ0n) is 13.6. The monoisotopic (exact) mass is 348 g/mol. The molecule has 2 aromatic carbocycles. The Morgan fingerprint density at radius 3 is 3.00 bits per heavy atom. The summed E-state index contributed by atoms with van der Waals surface area (Å²) in [6.45, 7) is 2.68. The number of nitrogens with one attached hydrogen (secondary N) is 2. The molecular formula is C19H16N4OS. The molecule has 0 unspecified atom stereocenters. The lowest BCUT2D eigenvalue weighted by molar-refractivity contribution is -0.115. The highest BCUT2D eigenvalue weighted by atomic mass is 32.1. The van der Waals surface area contributed by atoms with Gasteiger partial charge in [0.2, 0.25) is 5.96 Å². The van der Waals surface area contributed by atoms with Crippen LogP contribution in [0.4, 0.5) is 0 Å². The lowest BCUT2D eigenvalue weighted by Crippen LogP contribution is -2.35. The molecule has 0 radical (unpaired) electrons. The molecule has 0 aliphatic carbocycles. The lowest BCUT2D eigenvalue weighted by Gasteiger charge is -2.07. The maximum Gasteiger partial charge on any atom is 0.276 e. The van der Waals surface area contributed by atoms with Gasteiger partial charge in [0.05, 0.1) is 15.7 Å². The van der Waals surface area contributed by atoms with E-state index in [9.17, 15) is 4.79 Å². The third-order valence-electron chi connectivity index (χ3n) is 4.06. The molecule has 1 aromatic heterocycles. The van der Waals surface area contributed by atoms with Crippen molar-refractivity contribution in [2.24, 2.45) is 4.99 Å². The van der Waals surface area contributed by atoms with E-state index in [0.29, 0.717) is 18.2 Å². The summed E-state index contributed by atoms with van der Waals surface area (Å²) in [6.07, 6.45) is 1.79. The van der Waals surface area contributed by atoms with Crippen LogP contribution in [0.15, 0.2) is 58.7 Å². The maximum absolute atomic E-state index is 12.1. The van der Waals surface area contributed by atoms with Crippen LogP contribution >= 0.6 is 11.3 Å². The molecule has 0 spiro atoms. The van der Waals surface area contributed by atoms with Crippen molar-refractivity contribution < 1.29 is 4.79 Å². The molecule has 1 amide bonds. The molecular weight excluding hydrogens is 332 g/mol. The lowest BCUT2D eigenvalue weighted by atomic mass is 10.1. The summed E-state index contributed by atoms with van der Waals surface area (Å²) in [6, 6.07) is 14.0. The van der Waals surface area contributed by atoms with Crippen molar-refractivity contribution in [3.8, 4) is 0 Å². The molecule has 25 heavy (non-hydrogen) atoms. The minimum Gasteiger partial charge on any atom is -0.352 e. The van der Waals surface area contributed by atoms with Crippen molar-refractivity contribution in [2.45, 2.75) is 13.5 Å². The van der Waals surface area contributed by atoms with Crippen molar-refractivity contribution in [3.05, 3.63) is 70.4 Å². The van der Waals surface area contributed by atoms with E-state index in [-0.39, 0.29) is 5.91 Å². The summed E-state index contributed by atoms with van der Waals surface area (Å²) >= 11 is 1.58. The highest BCUT2D eigenvalue weighted by Gasteiger charge is 2.19. The Kier molecular flexibility index (Phi) is 4.03. The van der Waals surface area contributed by atoms with Crippen LogP contribution in [0.1, 0.15) is 16.7 Å². The maximum atomic E-state index is 12.1. The van der Waals surface area contributed by atoms with Crippen molar-refractivity contribution in [3.63, 3.8) is 0 Å². The average Bonchev–Trinajstić information content (AvgIpc) is 3.21. The quantitative estimate of drug-likeness (QED) is 0.714. The number of carbonyl (C=O) groups is 1. The largest absolute Gasteiger partial charge is 0.352 e. The number of nitrogens with zero attached hydrogens (tertiary/aromatic N) is 2. The number of rotatable bonds is 3. The molecule has 2 N–H and O–H groups in total. The van der Waals surface area contributed by atoms with E-state index in [1.807, 2.05) is 35.8 Å². The predicted molar refractivity (Wildman–Crippen MR) is 101 cm³/mol. The summed E-state index contributed by atoms with van der Waals surface area (Å²) in [5.74, 6) is 0.287. The Morgan fingerprint density at radius 2 is 2.12 bits per heavy atom. The Bertz CT molecular complexity index is 1020. The first kappa shape index (κ1) is 15.5. The van der Waals surface area contributed by atoms with Crippen LogP contribution < -0.4 is 10.6 Å². The number of fused-ring (bicyclic) bond motifs is 1. The molecule has 4 rings (SSSR count). The topological polar surface area (TPSA) is 66.4 Å². The molecule has 3 aromatic rings. The fraction of sp³-hybridized carbons (Fsp3) is 0.105. The number of thiazole rings is 1. The van der Waals surface area contributed by atoms with Crippen LogP contribution in [0.5, 0.6) is 0 Å². The van der Waals surface area contributed by atoms with Gasteiger partial charge in [-0.15, -0.1) is 11.3 Å². The standard InChI is InChI=1S/C19H16N4OS/c1-12-4-2-3-5-14(12)10-20-19-22-16(18(24)23-19)8-13-6-7-15-17(9-13)25-11-21-15/h2-9,11H,10H2,1H3,(H2,20,22,23,24)/b16-8-. The highest BCUT2D eigenvalue weighted by Crippen LogP contribution is 2.21. The third-order valence-corrected chi connectivity index (χ3v) is 4.85. The second kappa shape index (κ2) is 6.49. The summed E-state index contributed by atoms with van der Waals surface area (Å²) in [5, 5.41) is 5.95. The molecule has 0 fully saturated rings. The number of benzene rings is 2. The SMILES string of the molecule is Cc1ccccc1CNC1=N/C(=C\c2ccc3ncsc3c2)C(=O)N1. The molecule has 0 saturated heterocycles. The summed E-state index contributed by atoms with van der Waals surface area (Å²) in [7, 11) is 0. The summed E-state index contributed by atoms with van der Waals surface area (Å²) in [5.41, 5.74) is 6.49. The molecule has 0 saturated carbocycles. The first-order chi connectivity index (χ1) is 12.2. The van der Waals surface area contributed by atoms with Gasteiger partial charge in [0.25, 0.3) is 5.91 Å². The van der Waals surface area contributed by atoms with Crippen LogP contribution in [0.2, 0.25) is 0 Å². The van der Waals surface area contributed by atoms with Crippen LogP contribution in [0.25, 0.3) is 16.3 Å². The van der Waals surface area contributed by atoms with Gasteiger partial charge in [0.1, 0.15) is 5.70 Å². The number of aromatic nitrogens is 1. The second-order valence-electron chi connectivity index (χ2n) is 5.80. The number of hydrogen-bond donors (Lipinski definition) is 2. The Hall–Kier alpha value is -2.99. The normalized spacial score (nSPS) is 15.5. The Balaban J connectivity index is 1.52. The first-order valence-electron chi connectivity index (χ1n) is 7.92. The van der Waals surface area contributed by atoms with E-state index in [0.717, 1.165) is 15.8 Å². The molecule has 124 valence electrons. The number of amides is 1. The van der Waals surface area contributed by atoms with E-state index in [1.54, 1.807) is 17.4 Å². The molecule has 2 heterocycles. The van der Waals surface area contributed by atoms with Gasteiger partial charge < -0.3 is 5.32 Å². The van der Waals surface area contributed by atoms with Gasteiger partial charge in [0, 0.05) is 6.54 Å². The molecule has 1 aliphatic heterocycles. The second-order valence-corrected chi connectivity index (χ2v) is 6.69. The highest BCUT2D eigenvalue weighted by molar-refractivity contribution is 7.16. The van der Waals surface area contributed by atoms with E-state index in [4.69, 9.17) is 0 Å². The molecule has 1 aliphatic rings. The van der Waals surface area contributed by atoms with Crippen molar-refractivity contribution in [2.75, 3.05) is 0 Å². The zero-order chi connectivity index (χ0) is 17.2. The smallest absolute Gasteiger partial charge is 0.276 e. The summed E-state index contributed by atoms with van der Waals surface area (Å²) in [4.78, 5) is 20.8. The molecule has 0 atom stereocenters. The molecule has 6 heteroatoms. The molecule has 5 nitrogen and oxygen atoms in total. The fourth-order valence-corrected chi connectivity index (χ4v) is 3.38. The van der Waals surface area contributed by atoms with Crippen LogP contribution in [-0.4, -0.2) is 16.9 Å². The van der Waals surface area contributed by atoms with E-state index >= 15 is 0 Å². The Labute approximate surface area is 149 Å². The Morgan fingerprint density at radius 1 is 1.24 bits per heavy atom. The zero-order valence-corrected chi connectivity index (χ0v) is 14.4. The minimum absolute atomic E-state index is 0.198. The number of guanidine groups is 1. The predicted octanol–water partition coefficient (Wildman–Crippen LogP) is 3.22. The summed E-state index contributed by atoms with van der Waals surface area (Å²) < 4.78 is 1.09. The van der Waals surface area contributed by atoms with Crippen molar-refractivity contribution >= 4 is 39.5 Å². The van der Waals surface area contributed by atoms with Gasteiger partial charge in [-0.25, -0.2) is 9.98 Å². The number of hydrogen-bond acceptors (Lipinski definition) is 5. The molecule has 0 bridgehead atoms. The van der Waals surface area contributed by atoms with E-state index in [2.05, 4.69) is 39.7 Å². The van der Waals surface area contributed by atoms with Crippen LogP contribution in [0, 0.1) is 6.92 Å². The number of aryl methyl sites for hydroxylation is 1. The van der Waals surface area contributed by atoms with Crippen LogP contribution in [-0.2, 0) is 11.3 Å². The van der Waals surface area contributed by atoms with E-state index < -0.39 is 0 Å². The van der Waals surface area contributed by atoms with Gasteiger partial charge in [0.15, 0.2) is 0 Å². The van der Waals surface area contributed by atoms with Crippen molar-refractivity contribution in [1.82, 2.24) is 15.6 Å². The van der Waals surface area contributed by atoms with Crippen molar-refractivity contribution in [1.29, 1.82) is 0 Å². The number of carbonyl (C=O) groups excluding carboxylic acids is 1.